The second kappa shape index (κ2) is 5.40. The second-order valence-corrected chi connectivity index (χ2v) is 3.49. The molecule has 0 saturated carbocycles. The van der Waals surface area contributed by atoms with E-state index in [0.29, 0.717) is 5.56 Å². The average molecular weight is 307 g/mol. The van der Waals surface area contributed by atoms with Gasteiger partial charge in [0.15, 0.2) is 0 Å². The molecule has 4 heteroatoms. The maximum absolute atomic E-state index is 10.4. The van der Waals surface area contributed by atoms with Gasteiger partial charge in [-0.05, 0) is 24.3 Å². The smallest absolute Gasteiger partial charge is 0.150 e. The van der Waals surface area contributed by atoms with Crippen LogP contribution in [0.25, 0.3) is 0 Å². The Kier molecular flexibility index (Phi) is 4.45. The first kappa shape index (κ1) is 10.7. The fourth-order valence-corrected chi connectivity index (χ4v) is 2.34. The van der Waals surface area contributed by atoms with Gasteiger partial charge in [0.2, 0.25) is 0 Å². The predicted octanol–water partition coefficient (Wildman–Crippen LogP) is 3.01. The molecular formula is C9H9Br2NO. The molecular weight excluding hydrogens is 298 g/mol. The number of aldehydes is 1. The molecule has 1 aromatic rings. The summed E-state index contributed by atoms with van der Waals surface area (Å²) in [5.74, 6) is 0. The first-order valence-corrected chi connectivity index (χ1v) is 5.98. The number of carbonyl (C=O) groups is 1. The summed E-state index contributed by atoms with van der Waals surface area (Å²) in [4.78, 5) is 12.5. The number of benzene rings is 1. The van der Waals surface area contributed by atoms with E-state index in [2.05, 4.69) is 36.8 Å². The summed E-state index contributed by atoms with van der Waals surface area (Å²) in [5, 5.41) is 0. The summed E-state index contributed by atoms with van der Waals surface area (Å²) in [6.45, 7) is 0. The van der Waals surface area contributed by atoms with Gasteiger partial charge in [-0.25, -0.2) is 0 Å². The Balaban J connectivity index is 2.83. The van der Waals surface area contributed by atoms with Crippen LogP contribution < -0.4 is 4.90 Å². The van der Waals surface area contributed by atoms with E-state index in [0.717, 1.165) is 22.9 Å². The Hall–Kier alpha value is -0.350. The minimum Gasteiger partial charge on any atom is -0.352 e. The van der Waals surface area contributed by atoms with Crippen molar-refractivity contribution in [1.29, 1.82) is 0 Å². The Morgan fingerprint density at radius 3 is 2.08 bits per heavy atom. The van der Waals surface area contributed by atoms with Crippen LogP contribution in [-0.4, -0.2) is 17.2 Å². The number of carbonyl (C=O) groups excluding carboxylic acids is 1. The maximum Gasteiger partial charge on any atom is 0.150 e. The molecule has 70 valence electrons. The molecule has 0 heterocycles. The van der Waals surface area contributed by atoms with E-state index >= 15 is 0 Å². The topological polar surface area (TPSA) is 20.3 Å². The second-order valence-electron chi connectivity index (χ2n) is 2.49. The SMILES string of the molecule is O=Cc1ccc(N(CBr)CBr)cc1. The van der Waals surface area contributed by atoms with Crippen molar-refractivity contribution < 1.29 is 4.79 Å². The van der Waals surface area contributed by atoms with Gasteiger partial charge in [0.1, 0.15) is 6.29 Å². The van der Waals surface area contributed by atoms with Crippen LogP contribution in [-0.2, 0) is 0 Å². The lowest BCUT2D eigenvalue weighted by molar-refractivity contribution is 0.112. The highest BCUT2D eigenvalue weighted by Gasteiger charge is 2.01. The third-order valence-corrected chi connectivity index (χ3v) is 2.89. The fraction of sp³-hybridized carbons (Fsp3) is 0.222. The molecule has 0 aliphatic heterocycles. The largest absolute Gasteiger partial charge is 0.352 e. The summed E-state index contributed by atoms with van der Waals surface area (Å²) in [5.41, 5.74) is 3.31. The van der Waals surface area contributed by atoms with E-state index < -0.39 is 0 Å². The van der Waals surface area contributed by atoms with Gasteiger partial charge in [0.25, 0.3) is 0 Å². The van der Waals surface area contributed by atoms with Crippen molar-refractivity contribution in [3.63, 3.8) is 0 Å². The highest BCUT2D eigenvalue weighted by molar-refractivity contribution is 9.09. The van der Waals surface area contributed by atoms with Crippen LogP contribution in [0.5, 0.6) is 0 Å². The molecule has 0 N–H and O–H groups in total. The molecule has 1 rings (SSSR count). The molecule has 0 aromatic heterocycles. The minimum atomic E-state index is 0.702. The lowest BCUT2D eigenvalue weighted by atomic mass is 10.2. The van der Waals surface area contributed by atoms with E-state index in [9.17, 15) is 4.79 Å². The number of alkyl halides is 2. The van der Waals surface area contributed by atoms with Gasteiger partial charge in [-0.3, -0.25) is 4.79 Å². The van der Waals surface area contributed by atoms with Crippen molar-refractivity contribution in [2.75, 3.05) is 15.8 Å². The van der Waals surface area contributed by atoms with E-state index in [-0.39, 0.29) is 0 Å². The third kappa shape index (κ3) is 2.81. The zero-order valence-electron chi connectivity index (χ0n) is 6.91. The normalized spacial score (nSPS) is 9.69. The Bertz CT molecular complexity index is 269. The Morgan fingerprint density at radius 1 is 1.15 bits per heavy atom. The van der Waals surface area contributed by atoms with Crippen molar-refractivity contribution >= 4 is 43.8 Å². The van der Waals surface area contributed by atoms with Crippen LogP contribution in [0, 0.1) is 0 Å². The highest BCUT2D eigenvalue weighted by atomic mass is 79.9. The lowest BCUT2D eigenvalue weighted by Crippen LogP contribution is -2.18. The van der Waals surface area contributed by atoms with Gasteiger partial charge >= 0.3 is 0 Å². The van der Waals surface area contributed by atoms with Crippen LogP contribution in [0.15, 0.2) is 24.3 Å². The van der Waals surface area contributed by atoms with Gasteiger partial charge in [-0.1, -0.05) is 31.9 Å². The number of nitrogens with zero attached hydrogens (tertiary/aromatic N) is 1. The van der Waals surface area contributed by atoms with Gasteiger partial charge in [-0.2, -0.15) is 0 Å². The minimum absolute atomic E-state index is 0.702. The lowest BCUT2D eigenvalue weighted by Gasteiger charge is -2.18. The molecule has 0 aliphatic carbocycles. The molecule has 0 radical (unpaired) electrons. The number of halogens is 2. The number of rotatable bonds is 4. The van der Waals surface area contributed by atoms with Crippen molar-refractivity contribution in [3.8, 4) is 0 Å². The van der Waals surface area contributed by atoms with Crippen molar-refractivity contribution in [2.24, 2.45) is 0 Å². The molecule has 1 aromatic carbocycles. The van der Waals surface area contributed by atoms with Gasteiger partial charge in [-0.15, -0.1) is 0 Å². The average Bonchev–Trinajstić information content (AvgIpc) is 2.21. The quantitative estimate of drug-likeness (QED) is 0.484. The molecule has 0 unspecified atom stereocenters. The maximum atomic E-state index is 10.4. The fourth-order valence-electron chi connectivity index (χ4n) is 0.934. The zero-order valence-corrected chi connectivity index (χ0v) is 10.1. The number of hydrogen-bond donors (Lipinski definition) is 0. The Morgan fingerprint density at radius 2 is 1.69 bits per heavy atom. The molecule has 0 amide bonds. The standard InChI is InChI=1S/C9H9Br2NO/c10-6-12(7-11)9-3-1-8(5-13)2-4-9/h1-5H,6-7H2. The summed E-state index contributed by atoms with van der Waals surface area (Å²) >= 11 is 6.75. The zero-order chi connectivity index (χ0) is 9.68. The van der Waals surface area contributed by atoms with Crippen molar-refractivity contribution in [2.45, 2.75) is 0 Å². The number of anilines is 1. The van der Waals surface area contributed by atoms with E-state index in [1.165, 1.54) is 0 Å². The predicted molar refractivity (Wildman–Crippen MR) is 61.9 cm³/mol. The monoisotopic (exact) mass is 305 g/mol. The molecule has 0 atom stereocenters. The first-order valence-electron chi connectivity index (χ1n) is 3.74. The van der Waals surface area contributed by atoms with Crippen LogP contribution in [0.3, 0.4) is 0 Å². The van der Waals surface area contributed by atoms with E-state index in [1.807, 2.05) is 12.1 Å². The summed E-state index contributed by atoms with van der Waals surface area (Å²) in [6.07, 6.45) is 0.844. The first-order chi connectivity index (χ1) is 6.31. The van der Waals surface area contributed by atoms with Crippen LogP contribution in [0.1, 0.15) is 10.4 Å². The molecule has 2 nitrogen and oxygen atoms in total. The molecule has 0 saturated heterocycles. The van der Waals surface area contributed by atoms with E-state index in [4.69, 9.17) is 0 Å². The third-order valence-electron chi connectivity index (χ3n) is 1.68. The molecule has 0 bridgehead atoms. The van der Waals surface area contributed by atoms with Gasteiger partial charge < -0.3 is 4.90 Å². The summed E-state index contributed by atoms with van der Waals surface area (Å²) in [6, 6.07) is 7.46. The van der Waals surface area contributed by atoms with Crippen molar-refractivity contribution in [1.82, 2.24) is 0 Å². The Labute approximate surface area is 94.2 Å². The molecule has 0 aliphatic rings. The van der Waals surface area contributed by atoms with Crippen LogP contribution in [0.2, 0.25) is 0 Å². The van der Waals surface area contributed by atoms with Crippen LogP contribution in [0.4, 0.5) is 5.69 Å². The molecule has 13 heavy (non-hydrogen) atoms. The molecule has 0 spiro atoms. The highest BCUT2D eigenvalue weighted by Crippen LogP contribution is 2.16. The van der Waals surface area contributed by atoms with Gasteiger partial charge in [0.05, 0.1) is 10.9 Å². The van der Waals surface area contributed by atoms with Gasteiger partial charge in [0, 0.05) is 11.3 Å². The van der Waals surface area contributed by atoms with Crippen molar-refractivity contribution in [3.05, 3.63) is 29.8 Å². The summed E-state index contributed by atoms with van der Waals surface area (Å²) in [7, 11) is 0. The summed E-state index contributed by atoms with van der Waals surface area (Å²) < 4.78 is 0. The van der Waals surface area contributed by atoms with E-state index in [1.54, 1.807) is 12.1 Å². The molecule has 0 fully saturated rings. The number of hydrogen-bond acceptors (Lipinski definition) is 2. The van der Waals surface area contributed by atoms with Crippen LogP contribution >= 0.6 is 31.9 Å².